The van der Waals surface area contributed by atoms with Crippen molar-refractivity contribution in [3.63, 3.8) is 0 Å². The summed E-state index contributed by atoms with van der Waals surface area (Å²) in [5.41, 5.74) is 1.12. The van der Waals surface area contributed by atoms with E-state index in [2.05, 4.69) is 41.4 Å². The number of benzene rings is 1. The van der Waals surface area contributed by atoms with Gasteiger partial charge >= 0.3 is 0 Å². The van der Waals surface area contributed by atoms with Crippen molar-refractivity contribution in [2.45, 2.75) is 69.9 Å². The number of nitrogens with one attached hydrogen (secondary N) is 1. The number of fused-ring (bicyclic) bond motifs is 1. The van der Waals surface area contributed by atoms with E-state index < -0.39 is 0 Å². The number of likely N-dealkylation sites (tertiary alicyclic amines) is 1. The second-order valence-corrected chi connectivity index (χ2v) is 8.91. The van der Waals surface area contributed by atoms with E-state index in [0.717, 1.165) is 44.3 Å². The summed E-state index contributed by atoms with van der Waals surface area (Å²) in [7, 11) is 0. The van der Waals surface area contributed by atoms with Crippen LogP contribution in [-0.4, -0.2) is 41.0 Å². The first-order valence-corrected chi connectivity index (χ1v) is 10.9. The maximum Gasteiger partial charge on any atom is 0.237 e. The number of hydrogen-bond acceptors (Lipinski definition) is 4. The Morgan fingerprint density at radius 1 is 1.15 bits per heavy atom. The Balaban J connectivity index is 1.31. The monoisotopic (exact) mass is 371 g/mol. The highest BCUT2D eigenvalue weighted by Gasteiger charge is 2.29. The fraction of sp³-hybridized carbons (Fsp3) is 0.619. The number of aromatic nitrogens is 1. The number of carbonyl (C=O) groups is 1. The lowest BCUT2D eigenvalue weighted by atomic mass is 9.94. The lowest BCUT2D eigenvalue weighted by Gasteiger charge is -2.35. The van der Waals surface area contributed by atoms with Gasteiger partial charge in [-0.2, -0.15) is 0 Å². The highest BCUT2D eigenvalue weighted by atomic mass is 32.1. The van der Waals surface area contributed by atoms with Crippen LogP contribution in [0.1, 0.15) is 62.8 Å². The first-order valence-electron chi connectivity index (χ1n) is 10.1. The second kappa shape index (κ2) is 8.05. The minimum atomic E-state index is -0.0201. The van der Waals surface area contributed by atoms with E-state index in [0.29, 0.717) is 12.0 Å². The largest absolute Gasteiger partial charge is 0.352 e. The number of rotatable bonds is 4. The molecule has 1 saturated heterocycles. The Hall–Kier alpha value is -1.46. The van der Waals surface area contributed by atoms with E-state index in [1.807, 2.05) is 11.3 Å². The number of para-hydroxylation sites is 1. The van der Waals surface area contributed by atoms with E-state index in [4.69, 9.17) is 4.98 Å². The third-order valence-corrected chi connectivity index (χ3v) is 7.27. The van der Waals surface area contributed by atoms with E-state index in [-0.39, 0.29) is 11.9 Å². The number of hydrogen-bond donors (Lipinski definition) is 1. The summed E-state index contributed by atoms with van der Waals surface area (Å²) in [5, 5.41) is 4.55. The maximum atomic E-state index is 12.6. The standard InChI is InChI=1S/C21H29N3OS/c1-15(20(25)22-17-7-3-2-4-8-17)24-13-11-16(12-14-24)21-23-18-9-5-6-10-19(18)26-21/h5-6,9-10,15-17H,2-4,7-8,11-14H2,1H3,(H,22,25)/t15-/m1/s1. The van der Waals surface area contributed by atoms with Gasteiger partial charge in [0, 0.05) is 12.0 Å². The van der Waals surface area contributed by atoms with Gasteiger partial charge < -0.3 is 5.32 Å². The van der Waals surface area contributed by atoms with E-state index in [9.17, 15) is 4.79 Å². The minimum absolute atomic E-state index is 0.0201. The molecule has 140 valence electrons. The third kappa shape index (κ3) is 3.94. The molecule has 0 unspecified atom stereocenters. The molecule has 1 aliphatic heterocycles. The lowest BCUT2D eigenvalue weighted by molar-refractivity contribution is -0.127. The maximum absolute atomic E-state index is 12.6. The summed E-state index contributed by atoms with van der Waals surface area (Å²) in [4.78, 5) is 19.8. The van der Waals surface area contributed by atoms with Crippen LogP contribution in [0.2, 0.25) is 0 Å². The van der Waals surface area contributed by atoms with Crippen LogP contribution < -0.4 is 5.32 Å². The lowest BCUT2D eigenvalue weighted by Crippen LogP contribution is -2.50. The van der Waals surface area contributed by atoms with Gasteiger partial charge in [0.05, 0.1) is 21.3 Å². The molecule has 0 spiro atoms. The minimum Gasteiger partial charge on any atom is -0.352 e. The van der Waals surface area contributed by atoms with Crippen LogP contribution in [-0.2, 0) is 4.79 Å². The molecule has 0 bridgehead atoms. The van der Waals surface area contributed by atoms with Gasteiger partial charge in [-0.05, 0) is 57.8 Å². The van der Waals surface area contributed by atoms with E-state index >= 15 is 0 Å². The molecule has 1 amide bonds. The molecule has 4 nitrogen and oxygen atoms in total. The van der Waals surface area contributed by atoms with Gasteiger partial charge in [-0.1, -0.05) is 31.4 Å². The van der Waals surface area contributed by atoms with E-state index in [1.165, 1.54) is 29.0 Å². The molecule has 0 radical (unpaired) electrons. The van der Waals surface area contributed by atoms with Gasteiger partial charge in [0.15, 0.2) is 0 Å². The van der Waals surface area contributed by atoms with Gasteiger partial charge in [-0.15, -0.1) is 11.3 Å². The first-order chi connectivity index (χ1) is 12.7. The van der Waals surface area contributed by atoms with Crippen molar-refractivity contribution < 1.29 is 4.79 Å². The quantitative estimate of drug-likeness (QED) is 0.871. The summed E-state index contributed by atoms with van der Waals surface area (Å²) in [6.45, 7) is 4.04. The fourth-order valence-corrected chi connectivity index (χ4v) is 5.47. The molecular formula is C21H29N3OS. The molecule has 5 heteroatoms. The van der Waals surface area contributed by atoms with E-state index in [1.54, 1.807) is 0 Å². The van der Waals surface area contributed by atoms with Gasteiger partial charge in [-0.3, -0.25) is 9.69 Å². The molecule has 2 aliphatic rings. The predicted octanol–water partition coefficient (Wildman–Crippen LogP) is 4.31. The average molecular weight is 372 g/mol. The van der Waals surface area contributed by atoms with Gasteiger partial charge in [0.1, 0.15) is 0 Å². The molecule has 1 N–H and O–H groups in total. The zero-order chi connectivity index (χ0) is 17.9. The fourth-order valence-electron chi connectivity index (χ4n) is 4.33. The Morgan fingerprint density at radius 2 is 1.88 bits per heavy atom. The number of carbonyl (C=O) groups excluding carboxylic acids is 1. The summed E-state index contributed by atoms with van der Waals surface area (Å²) in [6.07, 6.45) is 8.33. The molecule has 1 atom stereocenters. The second-order valence-electron chi connectivity index (χ2n) is 7.85. The van der Waals surface area contributed by atoms with Gasteiger partial charge in [0.25, 0.3) is 0 Å². The van der Waals surface area contributed by atoms with Crippen molar-refractivity contribution in [3.8, 4) is 0 Å². The molecule has 1 aromatic carbocycles. The number of thiazole rings is 1. The first kappa shape index (κ1) is 17.9. The molecular weight excluding hydrogens is 342 g/mol. The van der Waals surface area contributed by atoms with Gasteiger partial charge in [0.2, 0.25) is 5.91 Å². The predicted molar refractivity (Wildman–Crippen MR) is 108 cm³/mol. The zero-order valence-corrected chi connectivity index (χ0v) is 16.4. The molecule has 2 aromatic rings. The molecule has 1 aliphatic carbocycles. The molecule has 26 heavy (non-hydrogen) atoms. The number of piperidine rings is 1. The van der Waals surface area contributed by atoms with Crippen LogP contribution in [0.4, 0.5) is 0 Å². The summed E-state index contributed by atoms with van der Waals surface area (Å²) < 4.78 is 1.28. The SMILES string of the molecule is C[C@H](C(=O)NC1CCCCC1)N1CCC(c2nc3ccccc3s2)CC1. The summed E-state index contributed by atoms with van der Waals surface area (Å²) >= 11 is 1.83. The molecule has 4 rings (SSSR count). The Morgan fingerprint density at radius 3 is 2.62 bits per heavy atom. The normalized spacial score (nSPS) is 21.7. The third-order valence-electron chi connectivity index (χ3n) is 6.07. The molecule has 1 saturated carbocycles. The topological polar surface area (TPSA) is 45.2 Å². The Labute approximate surface area is 160 Å². The molecule has 2 fully saturated rings. The van der Waals surface area contributed by atoms with Gasteiger partial charge in [-0.25, -0.2) is 4.98 Å². The van der Waals surface area contributed by atoms with Crippen molar-refractivity contribution in [2.75, 3.05) is 13.1 Å². The zero-order valence-electron chi connectivity index (χ0n) is 15.6. The Kier molecular flexibility index (Phi) is 5.55. The highest BCUT2D eigenvalue weighted by Crippen LogP contribution is 2.34. The van der Waals surface area contributed by atoms with Crippen LogP contribution in [0.5, 0.6) is 0 Å². The Bertz CT molecular complexity index is 712. The van der Waals surface area contributed by atoms with Crippen LogP contribution in [0.15, 0.2) is 24.3 Å². The number of nitrogens with zero attached hydrogens (tertiary/aromatic N) is 2. The number of amides is 1. The van der Waals surface area contributed by atoms with Crippen LogP contribution >= 0.6 is 11.3 Å². The van der Waals surface area contributed by atoms with Crippen molar-refractivity contribution in [1.82, 2.24) is 15.2 Å². The average Bonchev–Trinajstić information content (AvgIpc) is 3.12. The van der Waals surface area contributed by atoms with Crippen molar-refractivity contribution in [2.24, 2.45) is 0 Å². The van der Waals surface area contributed by atoms with Crippen LogP contribution in [0, 0.1) is 0 Å². The van der Waals surface area contributed by atoms with Crippen LogP contribution in [0.3, 0.4) is 0 Å². The smallest absolute Gasteiger partial charge is 0.237 e. The summed E-state index contributed by atoms with van der Waals surface area (Å²) in [5.74, 6) is 0.757. The highest BCUT2D eigenvalue weighted by molar-refractivity contribution is 7.18. The summed E-state index contributed by atoms with van der Waals surface area (Å²) in [6, 6.07) is 8.78. The van der Waals surface area contributed by atoms with Crippen molar-refractivity contribution in [1.29, 1.82) is 0 Å². The molecule has 2 heterocycles. The molecule has 1 aromatic heterocycles. The van der Waals surface area contributed by atoms with Crippen molar-refractivity contribution >= 4 is 27.5 Å². The van der Waals surface area contributed by atoms with Crippen LogP contribution in [0.25, 0.3) is 10.2 Å². The van der Waals surface area contributed by atoms with Crippen molar-refractivity contribution in [3.05, 3.63) is 29.3 Å².